The van der Waals surface area contributed by atoms with Gasteiger partial charge in [-0.2, -0.15) is 18.2 Å². The number of hydrogen-bond acceptors (Lipinski definition) is 4. The van der Waals surface area contributed by atoms with E-state index in [0.717, 1.165) is 25.7 Å². The van der Waals surface area contributed by atoms with Crippen LogP contribution in [0.4, 0.5) is 0 Å². The molecule has 0 fully saturated rings. The Bertz CT molecular complexity index is 311. The van der Waals surface area contributed by atoms with Crippen molar-refractivity contribution in [2.75, 3.05) is 12.3 Å². The molecule has 0 unspecified atom stereocenters. The number of hydroxylamine groups is 1. The van der Waals surface area contributed by atoms with E-state index < -0.39 is 10.1 Å². The third-order valence-electron chi connectivity index (χ3n) is 3.57. The molecule has 0 radical (unpaired) electrons. The molecule has 0 bridgehead atoms. The first-order valence-electron chi connectivity index (χ1n) is 8.76. The van der Waals surface area contributed by atoms with E-state index in [9.17, 15) is 8.42 Å². The first kappa shape index (κ1) is 25.1. The summed E-state index contributed by atoms with van der Waals surface area (Å²) in [6, 6.07) is 0. The van der Waals surface area contributed by atoms with Crippen LogP contribution in [0.15, 0.2) is 0 Å². The fourth-order valence-electron chi connectivity index (χ4n) is 2.19. The molecule has 6 heteroatoms. The number of nitrogens with one attached hydrogen (secondary N) is 1. The summed E-state index contributed by atoms with van der Waals surface area (Å²) in [6.45, 7) is 4.88. The minimum absolute atomic E-state index is 0. The second-order valence-corrected chi connectivity index (χ2v) is 7.47. The number of unbranched alkanes of at least 4 members (excludes halogenated alkanes) is 10. The van der Waals surface area contributed by atoms with Gasteiger partial charge >= 0.3 is 29.6 Å². The topological polar surface area (TPSA) is 55.4 Å². The average Bonchev–Trinajstić information content (AvgIpc) is 2.45. The van der Waals surface area contributed by atoms with Gasteiger partial charge in [-0.05, 0) is 12.8 Å². The van der Waals surface area contributed by atoms with Gasteiger partial charge in [-0.15, -0.1) is 0 Å². The van der Waals surface area contributed by atoms with Crippen molar-refractivity contribution in [3.8, 4) is 0 Å². The second-order valence-electron chi connectivity index (χ2n) is 5.78. The van der Waals surface area contributed by atoms with Gasteiger partial charge in [0.15, 0.2) is 0 Å². The van der Waals surface area contributed by atoms with Gasteiger partial charge in [-0.3, -0.25) is 0 Å². The molecular weight excluding hydrogens is 309 g/mol. The van der Waals surface area contributed by atoms with E-state index in [2.05, 4.69) is 19.3 Å². The summed E-state index contributed by atoms with van der Waals surface area (Å²) in [6.07, 6.45) is 13.9. The Kier molecular flexibility index (Phi) is 20.8. The quantitative estimate of drug-likeness (QED) is 0.262. The molecule has 130 valence electrons. The van der Waals surface area contributed by atoms with Crippen molar-refractivity contribution in [3.05, 3.63) is 0 Å². The van der Waals surface area contributed by atoms with Crippen molar-refractivity contribution < 1.29 is 12.7 Å². The predicted molar refractivity (Wildman–Crippen MR) is 96.8 cm³/mol. The van der Waals surface area contributed by atoms with Crippen LogP contribution in [0.25, 0.3) is 0 Å². The normalized spacial score (nSPS) is 11.4. The predicted octanol–water partition coefficient (Wildman–Crippen LogP) is 3.91. The molecule has 0 atom stereocenters. The molecule has 0 saturated heterocycles. The molecule has 1 N–H and O–H groups in total. The fourth-order valence-corrected chi connectivity index (χ4v) is 3.09. The molecule has 0 aliphatic rings. The van der Waals surface area contributed by atoms with Crippen LogP contribution >= 0.6 is 0 Å². The minimum atomic E-state index is -3.38. The zero-order valence-corrected chi connectivity index (χ0v) is 14.8. The van der Waals surface area contributed by atoms with E-state index in [1.165, 1.54) is 44.9 Å². The molecule has 0 amide bonds. The molecule has 0 heterocycles. The van der Waals surface area contributed by atoms with Gasteiger partial charge in [-0.25, -0.2) is 0 Å². The number of hydrogen-bond donors (Lipinski definition) is 1. The standard InChI is InChI=1S/C16H35NO3S.Na.H/c1-3-5-7-8-9-10-11-12-13-14-16-21(18,19)20-17-15-6-4-2;;/h17H,3-16H2,1-2H3;;. The van der Waals surface area contributed by atoms with E-state index in [0.29, 0.717) is 13.0 Å². The summed E-state index contributed by atoms with van der Waals surface area (Å²) in [5.74, 6) is 0.128. The first-order chi connectivity index (χ1) is 10.1. The van der Waals surface area contributed by atoms with Crippen molar-refractivity contribution in [1.82, 2.24) is 5.48 Å². The van der Waals surface area contributed by atoms with Gasteiger partial charge in [0.25, 0.3) is 10.1 Å². The average molecular weight is 346 g/mol. The zero-order chi connectivity index (χ0) is 15.8. The van der Waals surface area contributed by atoms with Crippen molar-refractivity contribution >= 4 is 39.7 Å². The monoisotopic (exact) mass is 345 g/mol. The number of rotatable bonds is 16. The summed E-state index contributed by atoms with van der Waals surface area (Å²) >= 11 is 0. The maximum atomic E-state index is 11.5. The van der Waals surface area contributed by atoms with Gasteiger partial charge in [0.1, 0.15) is 0 Å². The van der Waals surface area contributed by atoms with Crippen molar-refractivity contribution in [3.63, 3.8) is 0 Å². The Morgan fingerprint density at radius 2 is 1.18 bits per heavy atom. The summed E-state index contributed by atoms with van der Waals surface area (Å²) in [5.41, 5.74) is 2.52. The Labute approximate surface area is 160 Å². The summed E-state index contributed by atoms with van der Waals surface area (Å²) in [4.78, 5) is 0. The molecule has 0 aliphatic carbocycles. The van der Waals surface area contributed by atoms with Crippen LogP contribution in [0.5, 0.6) is 0 Å². The van der Waals surface area contributed by atoms with Gasteiger partial charge in [0, 0.05) is 6.54 Å². The van der Waals surface area contributed by atoms with Crippen molar-refractivity contribution in [2.45, 2.75) is 90.9 Å². The Morgan fingerprint density at radius 1 is 0.727 bits per heavy atom. The molecule has 0 saturated carbocycles. The van der Waals surface area contributed by atoms with Crippen molar-refractivity contribution in [1.29, 1.82) is 0 Å². The molecule has 0 aromatic carbocycles. The van der Waals surface area contributed by atoms with E-state index in [1.807, 2.05) is 0 Å². The van der Waals surface area contributed by atoms with Crippen LogP contribution < -0.4 is 5.48 Å². The molecule has 0 spiro atoms. The zero-order valence-electron chi connectivity index (χ0n) is 14.0. The third kappa shape index (κ3) is 18.9. The summed E-state index contributed by atoms with van der Waals surface area (Å²) in [5, 5.41) is 0. The van der Waals surface area contributed by atoms with E-state index in [-0.39, 0.29) is 35.3 Å². The van der Waals surface area contributed by atoms with Crippen LogP contribution in [0.2, 0.25) is 0 Å². The van der Waals surface area contributed by atoms with Crippen LogP contribution in [0, 0.1) is 0 Å². The molecule has 0 aromatic heterocycles. The van der Waals surface area contributed by atoms with Crippen molar-refractivity contribution in [2.24, 2.45) is 0 Å². The Morgan fingerprint density at radius 3 is 1.68 bits per heavy atom. The van der Waals surface area contributed by atoms with Gasteiger partial charge in [-0.1, -0.05) is 78.1 Å². The molecule has 22 heavy (non-hydrogen) atoms. The van der Waals surface area contributed by atoms with E-state index >= 15 is 0 Å². The van der Waals surface area contributed by atoms with E-state index in [1.54, 1.807) is 0 Å². The summed E-state index contributed by atoms with van der Waals surface area (Å²) < 4.78 is 27.8. The second kappa shape index (κ2) is 18.2. The third-order valence-corrected chi connectivity index (χ3v) is 4.73. The first-order valence-corrected chi connectivity index (χ1v) is 10.3. The summed E-state index contributed by atoms with van der Waals surface area (Å²) in [7, 11) is -3.38. The van der Waals surface area contributed by atoms with Gasteiger partial charge in [0.2, 0.25) is 0 Å². The van der Waals surface area contributed by atoms with Crippen LogP contribution in [0.1, 0.15) is 90.9 Å². The van der Waals surface area contributed by atoms with Crippen LogP contribution in [-0.4, -0.2) is 50.3 Å². The Balaban J connectivity index is 0. The Hall–Kier alpha value is 0.870. The molecular formula is C16H36NNaO3S. The molecule has 0 aromatic rings. The van der Waals surface area contributed by atoms with Gasteiger partial charge in [0.05, 0.1) is 5.75 Å². The van der Waals surface area contributed by atoms with E-state index in [4.69, 9.17) is 4.28 Å². The molecule has 0 rings (SSSR count). The van der Waals surface area contributed by atoms with Crippen LogP contribution in [-0.2, 0) is 14.4 Å². The molecule has 0 aliphatic heterocycles. The van der Waals surface area contributed by atoms with Crippen LogP contribution in [0.3, 0.4) is 0 Å². The maximum absolute atomic E-state index is 11.5. The SMILES string of the molecule is CCCCCCCCCCCCS(=O)(=O)ONCCCC.[NaH]. The van der Waals surface area contributed by atoms with Gasteiger partial charge < -0.3 is 0 Å². The molecule has 4 nitrogen and oxygen atoms in total. The fraction of sp³-hybridized carbons (Fsp3) is 1.00.